The van der Waals surface area contributed by atoms with Gasteiger partial charge in [0.1, 0.15) is 18.4 Å². The molecule has 4 aromatic rings. The van der Waals surface area contributed by atoms with E-state index in [0.29, 0.717) is 17.8 Å². The number of rotatable bonds is 6. The molecule has 7 nitrogen and oxygen atoms in total. The van der Waals surface area contributed by atoms with Gasteiger partial charge < -0.3 is 5.32 Å². The summed E-state index contributed by atoms with van der Waals surface area (Å²) in [5.74, 6) is -0.252. The Labute approximate surface area is 161 Å². The average Bonchev–Trinajstić information content (AvgIpc) is 3.17. The largest absolute Gasteiger partial charge is 0.354 e. The monoisotopic (exact) mass is 373 g/mol. The molecule has 0 radical (unpaired) electrons. The van der Waals surface area contributed by atoms with Gasteiger partial charge in [-0.15, -0.1) is 0 Å². The van der Waals surface area contributed by atoms with Crippen LogP contribution in [0.5, 0.6) is 0 Å². The van der Waals surface area contributed by atoms with Crippen LogP contribution in [0.4, 0.5) is 0 Å². The van der Waals surface area contributed by atoms with Gasteiger partial charge in [-0.05, 0) is 18.1 Å². The van der Waals surface area contributed by atoms with Crippen LogP contribution in [0.1, 0.15) is 5.56 Å². The summed E-state index contributed by atoms with van der Waals surface area (Å²) in [6.07, 6.45) is 2.18. The lowest BCUT2D eigenvalue weighted by Crippen LogP contribution is -2.35. The highest BCUT2D eigenvalue weighted by Crippen LogP contribution is 2.17. The van der Waals surface area contributed by atoms with Gasteiger partial charge in [0.05, 0.1) is 5.69 Å². The molecular weight excluding hydrogens is 354 g/mol. The van der Waals surface area contributed by atoms with Crippen LogP contribution in [0.15, 0.2) is 77.9 Å². The van der Waals surface area contributed by atoms with E-state index in [1.165, 1.54) is 10.8 Å². The molecule has 7 heteroatoms. The number of hydrogen-bond acceptors (Lipinski definition) is 4. The minimum Gasteiger partial charge on any atom is -0.354 e. The molecule has 0 aliphatic rings. The summed E-state index contributed by atoms with van der Waals surface area (Å²) in [6.45, 7) is 0.376. The molecule has 0 spiro atoms. The highest BCUT2D eigenvalue weighted by atomic mass is 16.2. The topological polar surface area (TPSA) is 81.3 Å². The summed E-state index contributed by atoms with van der Waals surface area (Å²) in [7, 11) is 0. The molecule has 140 valence electrons. The summed E-state index contributed by atoms with van der Waals surface area (Å²) in [5, 5.41) is 11.3. The molecule has 1 amide bonds. The molecule has 0 bridgehead atoms. The van der Waals surface area contributed by atoms with Crippen molar-refractivity contribution in [3.05, 3.63) is 89.0 Å². The van der Waals surface area contributed by atoms with Crippen LogP contribution in [0.3, 0.4) is 0 Å². The van der Waals surface area contributed by atoms with Crippen LogP contribution < -0.4 is 10.9 Å². The quantitative estimate of drug-likeness (QED) is 0.560. The standard InChI is InChI=1S/C21H19N5O2/c27-20(22-12-11-16-7-3-1-4-8-16)14-25-21(28)19-13-18(24-26(19)15-23-25)17-9-5-2-6-10-17/h1-10,13,15H,11-12,14H2,(H,22,27). The number of nitrogens with one attached hydrogen (secondary N) is 1. The zero-order chi connectivity index (χ0) is 19.3. The van der Waals surface area contributed by atoms with Gasteiger partial charge in [0.25, 0.3) is 5.56 Å². The molecule has 2 heterocycles. The third-order valence-corrected chi connectivity index (χ3v) is 4.43. The molecule has 0 fully saturated rings. The lowest BCUT2D eigenvalue weighted by molar-refractivity contribution is -0.121. The van der Waals surface area contributed by atoms with Crippen molar-refractivity contribution >= 4 is 11.4 Å². The second-order valence-corrected chi connectivity index (χ2v) is 6.40. The number of amides is 1. The predicted octanol–water partition coefficient (Wildman–Crippen LogP) is 1.92. The van der Waals surface area contributed by atoms with E-state index < -0.39 is 0 Å². The molecule has 0 aliphatic carbocycles. The Morgan fingerprint density at radius 2 is 1.71 bits per heavy atom. The summed E-state index contributed by atoms with van der Waals surface area (Å²) in [4.78, 5) is 24.8. The van der Waals surface area contributed by atoms with Crippen molar-refractivity contribution < 1.29 is 4.79 Å². The van der Waals surface area contributed by atoms with Crippen LogP contribution in [0.2, 0.25) is 0 Å². The first-order chi connectivity index (χ1) is 13.7. The van der Waals surface area contributed by atoms with E-state index in [9.17, 15) is 9.59 Å². The SMILES string of the molecule is O=C(Cn1ncn2nc(-c3ccccc3)cc2c1=O)NCCc1ccccc1. The molecule has 2 aromatic heterocycles. The molecule has 0 unspecified atom stereocenters. The summed E-state index contributed by atoms with van der Waals surface area (Å²) in [5.41, 5.74) is 2.77. The Balaban J connectivity index is 1.46. The highest BCUT2D eigenvalue weighted by molar-refractivity contribution is 5.75. The Morgan fingerprint density at radius 3 is 2.46 bits per heavy atom. The minimum absolute atomic E-state index is 0.129. The third kappa shape index (κ3) is 3.83. The Morgan fingerprint density at radius 1 is 1.00 bits per heavy atom. The first-order valence-electron chi connectivity index (χ1n) is 9.02. The summed E-state index contributed by atoms with van der Waals surface area (Å²) in [6, 6.07) is 21.2. The van der Waals surface area contributed by atoms with Gasteiger partial charge in [-0.3, -0.25) is 9.59 Å². The van der Waals surface area contributed by atoms with Crippen molar-refractivity contribution in [1.82, 2.24) is 24.7 Å². The zero-order valence-electron chi connectivity index (χ0n) is 15.2. The van der Waals surface area contributed by atoms with Gasteiger partial charge in [-0.1, -0.05) is 60.7 Å². The second kappa shape index (κ2) is 7.87. The number of fused-ring (bicyclic) bond motifs is 1. The fraction of sp³-hybridized carbons (Fsp3) is 0.143. The first-order valence-corrected chi connectivity index (χ1v) is 9.02. The van der Waals surface area contributed by atoms with Crippen LogP contribution >= 0.6 is 0 Å². The van der Waals surface area contributed by atoms with Gasteiger partial charge >= 0.3 is 0 Å². The molecule has 1 N–H and O–H groups in total. The van der Waals surface area contributed by atoms with E-state index in [2.05, 4.69) is 15.5 Å². The van der Waals surface area contributed by atoms with Gasteiger partial charge in [-0.2, -0.15) is 10.2 Å². The van der Waals surface area contributed by atoms with Crippen molar-refractivity contribution in [2.24, 2.45) is 0 Å². The zero-order valence-corrected chi connectivity index (χ0v) is 15.2. The molecule has 28 heavy (non-hydrogen) atoms. The maximum atomic E-state index is 12.7. The lowest BCUT2D eigenvalue weighted by atomic mass is 10.1. The van der Waals surface area contributed by atoms with E-state index in [4.69, 9.17) is 0 Å². The maximum Gasteiger partial charge on any atom is 0.293 e. The van der Waals surface area contributed by atoms with E-state index in [0.717, 1.165) is 22.2 Å². The van der Waals surface area contributed by atoms with Crippen molar-refractivity contribution in [3.63, 3.8) is 0 Å². The normalized spacial score (nSPS) is 10.9. The summed E-state index contributed by atoms with van der Waals surface area (Å²) >= 11 is 0. The molecule has 0 saturated carbocycles. The highest BCUT2D eigenvalue weighted by Gasteiger charge is 2.12. The van der Waals surface area contributed by atoms with Crippen LogP contribution in [0.25, 0.3) is 16.8 Å². The molecule has 0 saturated heterocycles. The second-order valence-electron chi connectivity index (χ2n) is 6.40. The smallest absolute Gasteiger partial charge is 0.293 e. The van der Waals surface area contributed by atoms with Crippen molar-refractivity contribution in [3.8, 4) is 11.3 Å². The van der Waals surface area contributed by atoms with E-state index in [-0.39, 0.29) is 18.0 Å². The van der Waals surface area contributed by atoms with Gasteiger partial charge in [0.15, 0.2) is 0 Å². The number of aromatic nitrogens is 4. The molecule has 4 rings (SSSR count). The van der Waals surface area contributed by atoms with Crippen molar-refractivity contribution in [2.45, 2.75) is 13.0 Å². The molecular formula is C21H19N5O2. The Kier molecular flexibility index (Phi) is 4.97. The van der Waals surface area contributed by atoms with Gasteiger partial charge in [-0.25, -0.2) is 9.20 Å². The van der Waals surface area contributed by atoms with Crippen LogP contribution in [-0.2, 0) is 17.8 Å². The first kappa shape index (κ1) is 17.7. The van der Waals surface area contributed by atoms with Crippen molar-refractivity contribution in [2.75, 3.05) is 6.54 Å². The third-order valence-electron chi connectivity index (χ3n) is 4.43. The number of benzene rings is 2. The average molecular weight is 373 g/mol. The summed E-state index contributed by atoms with van der Waals surface area (Å²) < 4.78 is 2.60. The van der Waals surface area contributed by atoms with Crippen molar-refractivity contribution in [1.29, 1.82) is 0 Å². The predicted molar refractivity (Wildman–Crippen MR) is 106 cm³/mol. The number of carbonyl (C=O) groups is 1. The molecule has 0 aliphatic heterocycles. The number of hydrogen-bond donors (Lipinski definition) is 1. The Hall–Kier alpha value is -3.74. The number of carbonyl (C=O) groups excluding carboxylic acids is 1. The lowest BCUT2D eigenvalue weighted by Gasteiger charge is -2.07. The molecule has 0 atom stereocenters. The number of nitrogens with zero attached hydrogens (tertiary/aromatic N) is 4. The van der Waals surface area contributed by atoms with Crippen LogP contribution in [-0.4, -0.2) is 31.8 Å². The molecule has 2 aromatic carbocycles. The fourth-order valence-electron chi connectivity index (χ4n) is 2.98. The van der Waals surface area contributed by atoms with E-state index >= 15 is 0 Å². The van der Waals surface area contributed by atoms with Gasteiger partial charge in [0, 0.05) is 12.1 Å². The minimum atomic E-state index is -0.351. The fourth-order valence-corrected chi connectivity index (χ4v) is 2.98. The van der Waals surface area contributed by atoms with E-state index in [1.807, 2.05) is 60.7 Å². The van der Waals surface area contributed by atoms with Crippen LogP contribution in [0, 0.1) is 0 Å². The van der Waals surface area contributed by atoms with Gasteiger partial charge in [0.2, 0.25) is 5.91 Å². The van der Waals surface area contributed by atoms with E-state index in [1.54, 1.807) is 6.07 Å². The maximum absolute atomic E-state index is 12.7. The Bertz CT molecular complexity index is 1150.